The largest absolute Gasteiger partial charge is 0.451 e. The van der Waals surface area contributed by atoms with Gasteiger partial charge >= 0.3 is 24.1 Å². The fourth-order valence-electron chi connectivity index (χ4n) is 11.4. The molecule has 488 valence electrons. The average Bonchev–Trinajstić information content (AvgIpc) is 1.56. The second-order valence-corrected chi connectivity index (χ2v) is 25.3. The van der Waals surface area contributed by atoms with Gasteiger partial charge in [0.15, 0.2) is 40.2 Å². The highest BCUT2D eigenvalue weighted by Gasteiger charge is 2.37. The molecule has 4 aromatic heterocycles. The van der Waals surface area contributed by atoms with Crippen molar-refractivity contribution in [3.05, 3.63) is 120 Å². The number of rotatable bonds is 8. The molecule has 0 radical (unpaired) electrons. The highest BCUT2D eigenvalue weighted by molar-refractivity contribution is 6.15. The van der Waals surface area contributed by atoms with E-state index in [1.54, 1.807) is 28.2 Å². The number of esters is 2. The Morgan fingerprint density at radius 2 is 0.819 bits per heavy atom. The Hall–Kier alpha value is -10.6. The van der Waals surface area contributed by atoms with Gasteiger partial charge in [0, 0.05) is 137 Å². The lowest BCUT2D eigenvalue weighted by Gasteiger charge is -2.18. The van der Waals surface area contributed by atoms with Crippen LogP contribution in [0, 0.1) is 0 Å². The molecule has 94 heavy (non-hydrogen) atoms. The summed E-state index contributed by atoms with van der Waals surface area (Å²) in [7, 11) is 8.20. The summed E-state index contributed by atoms with van der Waals surface area (Å²) in [5.74, 6) is 6.88. The minimum Gasteiger partial charge on any atom is -0.451 e. The van der Waals surface area contributed by atoms with E-state index in [0.717, 1.165) is 101 Å². The number of imidazole rings is 4. The zero-order valence-corrected chi connectivity index (χ0v) is 56.2. The highest BCUT2D eigenvalue weighted by Crippen LogP contribution is 2.51. The number of aryl methyl sites for hydroxylation is 1. The fraction of sp³-hybridized carbons (Fsp3) is 0.333. The minimum absolute atomic E-state index is 0.135. The van der Waals surface area contributed by atoms with Crippen LogP contribution in [0.2, 0.25) is 0 Å². The van der Waals surface area contributed by atoms with Crippen LogP contribution < -0.4 is 37.9 Å². The van der Waals surface area contributed by atoms with Crippen LogP contribution in [0.4, 0.5) is 9.59 Å². The van der Waals surface area contributed by atoms with Crippen molar-refractivity contribution in [1.29, 1.82) is 0 Å². The van der Waals surface area contributed by atoms with Crippen LogP contribution in [0.25, 0.3) is 87.2 Å². The van der Waals surface area contributed by atoms with Gasteiger partial charge in [0.1, 0.15) is 67.4 Å². The van der Waals surface area contributed by atoms with Crippen molar-refractivity contribution in [2.24, 2.45) is 7.05 Å². The number of carbonyl (C=O) groups is 4. The van der Waals surface area contributed by atoms with E-state index in [2.05, 4.69) is 66.9 Å². The number of benzene rings is 8. The Labute approximate surface area is 542 Å². The predicted octanol–water partition coefficient (Wildman–Crippen LogP) is 16.0. The van der Waals surface area contributed by atoms with Crippen LogP contribution in [0.3, 0.4) is 0 Å². The molecule has 0 bridgehead atoms. The van der Waals surface area contributed by atoms with Gasteiger partial charge in [-0.1, -0.05) is 152 Å². The smallest absolute Gasteiger partial charge is 0.414 e. The fourth-order valence-corrected chi connectivity index (χ4v) is 11.4. The molecule has 14 rings (SSSR count). The first kappa shape index (κ1) is 64.9. The molecule has 0 spiro atoms. The SMILES string of the molecule is CC(=O)Oc1c(OC(C)=O)c2c(nc(C(C)C)n2C)c2ccccc12.CC(C)c1nc2c([nH]1)c(OC(=O)N(C)C)c(OC(=O)N(C)C)c1ccccc12.CC(C)c1nc2c([nH]1)c1c(c3ccccc32)OC(C)(C)O1.CC1Oc2c(c3[nH]c(C(C)C)nc3c3ccccc23)O1. The number of carbonyl (C=O) groups excluding carboxylic acids is 4. The molecule has 1 unspecified atom stereocenters. The number of amides is 2. The van der Waals surface area contributed by atoms with Crippen molar-refractivity contribution >= 4 is 111 Å². The summed E-state index contributed by atoms with van der Waals surface area (Å²) < 4.78 is 47.7. The Morgan fingerprint density at radius 1 is 0.457 bits per heavy atom. The third kappa shape index (κ3) is 12.2. The topological polar surface area (TPSA) is 252 Å². The summed E-state index contributed by atoms with van der Waals surface area (Å²) in [6, 6.07) is 31.2. The lowest BCUT2D eigenvalue weighted by molar-refractivity contribution is -0.134. The van der Waals surface area contributed by atoms with Gasteiger partial charge in [0.2, 0.25) is 17.8 Å². The third-order valence-corrected chi connectivity index (χ3v) is 15.7. The Balaban J connectivity index is 0.000000129. The number of ether oxygens (including phenoxy) is 8. The summed E-state index contributed by atoms with van der Waals surface area (Å²) in [5.41, 5.74) is 6.30. The van der Waals surface area contributed by atoms with Gasteiger partial charge in [0.05, 0.1) is 0 Å². The van der Waals surface area contributed by atoms with E-state index in [9.17, 15) is 19.2 Å². The molecule has 0 fully saturated rings. The van der Waals surface area contributed by atoms with Gasteiger partial charge in [-0.2, -0.15) is 0 Å². The quantitative estimate of drug-likeness (QED) is 0.0944. The van der Waals surface area contributed by atoms with Crippen molar-refractivity contribution in [1.82, 2.24) is 49.3 Å². The van der Waals surface area contributed by atoms with E-state index in [4.69, 9.17) is 57.8 Å². The van der Waals surface area contributed by atoms with Crippen molar-refractivity contribution in [2.45, 2.75) is 126 Å². The van der Waals surface area contributed by atoms with Crippen molar-refractivity contribution < 1.29 is 57.1 Å². The molecule has 2 amide bonds. The zero-order chi connectivity index (χ0) is 67.5. The summed E-state index contributed by atoms with van der Waals surface area (Å²) >= 11 is 0. The van der Waals surface area contributed by atoms with E-state index in [-0.39, 0.29) is 41.1 Å². The first-order valence-corrected chi connectivity index (χ1v) is 31.2. The molecule has 22 nitrogen and oxygen atoms in total. The molecule has 3 N–H and O–H groups in total. The van der Waals surface area contributed by atoms with Crippen LogP contribution in [-0.2, 0) is 16.6 Å². The minimum atomic E-state index is -0.650. The van der Waals surface area contributed by atoms with Gasteiger partial charge < -0.3 is 67.2 Å². The van der Waals surface area contributed by atoms with Crippen molar-refractivity contribution in [3.63, 3.8) is 0 Å². The Kier molecular flexibility index (Phi) is 17.6. The van der Waals surface area contributed by atoms with Gasteiger partial charge in [0.25, 0.3) is 0 Å². The lowest BCUT2D eigenvalue weighted by atomic mass is 10.1. The van der Waals surface area contributed by atoms with E-state index >= 15 is 0 Å². The summed E-state index contributed by atoms with van der Waals surface area (Å²) in [5, 5.41) is 7.24. The number of nitrogens with one attached hydrogen (secondary N) is 3. The zero-order valence-electron chi connectivity index (χ0n) is 56.2. The van der Waals surface area contributed by atoms with Gasteiger partial charge in [-0.25, -0.2) is 29.5 Å². The molecule has 22 heteroatoms. The molecule has 2 aliphatic rings. The van der Waals surface area contributed by atoms with Gasteiger partial charge in [-0.15, -0.1) is 0 Å². The molecular formula is C72H78N10O12. The van der Waals surface area contributed by atoms with Crippen LogP contribution >= 0.6 is 0 Å². The van der Waals surface area contributed by atoms with Gasteiger partial charge in [-0.05, 0) is 0 Å². The Morgan fingerprint density at radius 3 is 1.28 bits per heavy atom. The molecule has 12 aromatic rings. The van der Waals surface area contributed by atoms with E-state index in [0.29, 0.717) is 44.7 Å². The predicted molar refractivity (Wildman–Crippen MR) is 363 cm³/mol. The standard InChI is InChI=1S/C20H24N4O4.C19H20N2O4.C17H18N2O2.C16H16N2O2/c1-11(2)18-21-14-12-9-7-8-10-13(12)16(27-19(25)23(3)4)17(15(14)22-18)28-20(26)24(5)6;1-10(2)19-20-15-13-8-6-7-9-14(13)17(24-11(3)22)18(25-12(4)23)16(15)21(19)5;1-9(2)16-18-12-10-7-5-6-8-11(10)14-15(13(12)19-16)21-17(3,4)20-14;1-8(2)16-17-12-10-6-4-5-7-11(10)14-15(13(12)18-16)20-9(3)19-14/h7-11H,1-6H3,(H,21,22);6-10H,1-5H3;5-9H,1-4H3,(H,18,19);4-9H,1-3H3,(H,17,18). The number of nitrogens with zero attached hydrogens (tertiary/aromatic N) is 7. The monoisotopic (exact) mass is 1270 g/mol. The molecule has 2 aliphatic heterocycles. The third-order valence-electron chi connectivity index (χ3n) is 15.7. The van der Waals surface area contributed by atoms with Crippen LogP contribution in [0.15, 0.2) is 97.1 Å². The second-order valence-electron chi connectivity index (χ2n) is 25.3. The number of hydrogen-bond acceptors (Lipinski definition) is 16. The van der Waals surface area contributed by atoms with E-state index in [1.807, 2.05) is 133 Å². The molecule has 8 aromatic carbocycles. The van der Waals surface area contributed by atoms with Crippen LogP contribution in [-0.4, -0.2) is 114 Å². The Bertz CT molecular complexity index is 4970. The molecule has 1 atom stereocenters. The van der Waals surface area contributed by atoms with Crippen molar-refractivity contribution in [3.8, 4) is 46.0 Å². The lowest BCUT2D eigenvalue weighted by Crippen LogP contribution is -2.29. The highest BCUT2D eigenvalue weighted by atomic mass is 16.7. The first-order chi connectivity index (χ1) is 44.6. The summed E-state index contributed by atoms with van der Waals surface area (Å²) in [6.07, 6.45) is -1.42. The van der Waals surface area contributed by atoms with E-state index < -0.39 is 29.9 Å². The molecule has 6 heterocycles. The maximum Gasteiger partial charge on any atom is 0.414 e. The normalized spacial score (nSPS) is 13.7. The first-order valence-electron chi connectivity index (χ1n) is 31.2. The number of hydrogen-bond donors (Lipinski definition) is 3. The van der Waals surface area contributed by atoms with Crippen LogP contribution in [0.1, 0.15) is 137 Å². The summed E-state index contributed by atoms with van der Waals surface area (Å²) in [6.45, 7) is 25.0. The molecule has 0 saturated carbocycles. The van der Waals surface area contributed by atoms with Crippen LogP contribution in [0.5, 0.6) is 46.0 Å². The number of aromatic amines is 3. The molecule has 0 saturated heterocycles. The summed E-state index contributed by atoms with van der Waals surface area (Å²) in [4.78, 5) is 79.6. The maximum absolute atomic E-state index is 12.3. The number of fused-ring (bicyclic) bond motifs is 18. The maximum atomic E-state index is 12.3. The molecule has 0 aliphatic carbocycles. The van der Waals surface area contributed by atoms with Crippen molar-refractivity contribution in [2.75, 3.05) is 28.2 Å². The van der Waals surface area contributed by atoms with E-state index in [1.165, 1.54) is 23.6 Å². The molecular weight excluding hydrogens is 1200 g/mol. The second kappa shape index (κ2) is 25.5. The number of aromatic nitrogens is 8. The van der Waals surface area contributed by atoms with Gasteiger partial charge in [-0.3, -0.25) is 9.59 Å². The average molecular weight is 1280 g/mol. The number of H-pyrrole nitrogens is 3.